The van der Waals surface area contributed by atoms with E-state index in [2.05, 4.69) is 54.6 Å². The van der Waals surface area contributed by atoms with Crippen LogP contribution in [0.1, 0.15) is 18.1 Å². The maximum atomic E-state index is 3.92. The zero-order valence-electron chi connectivity index (χ0n) is 6.02. The monoisotopic (exact) mass is 245 g/mol. The second-order valence-corrected chi connectivity index (χ2v) is 3.44. The minimum Gasteiger partial charge on any atom is -0.0613 e. The Kier molecular flexibility index (Phi) is 2.72. The summed E-state index contributed by atoms with van der Waals surface area (Å²) in [6, 6.07) is 6.40. The largest absolute Gasteiger partial charge is 0.0613 e. The minimum absolute atomic E-state index is 1.10. The molecule has 0 saturated heterocycles. The van der Waals surface area contributed by atoms with Crippen LogP contribution in [0.5, 0.6) is 0 Å². The van der Waals surface area contributed by atoms with Crippen molar-refractivity contribution < 1.29 is 0 Å². The minimum atomic E-state index is 1.10. The third-order valence-corrected chi connectivity index (χ3v) is 2.57. The Bertz CT molecular complexity index is 228. The van der Waals surface area contributed by atoms with Crippen LogP contribution in [-0.4, -0.2) is 0 Å². The quantitative estimate of drug-likeness (QED) is 0.667. The topological polar surface area (TPSA) is 0 Å². The fourth-order valence-corrected chi connectivity index (χ4v) is 1.18. The number of halogens is 1. The van der Waals surface area contributed by atoms with Gasteiger partial charge in [0, 0.05) is 3.57 Å². The molecule has 0 amide bonds. The molecule has 0 fully saturated rings. The van der Waals surface area contributed by atoms with Crippen LogP contribution in [0.3, 0.4) is 0 Å². The molecule has 1 rings (SSSR count). The van der Waals surface area contributed by atoms with Crippen molar-refractivity contribution in [2.45, 2.75) is 13.3 Å². The highest BCUT2D eigenvalue weighted by Gasteiger charge is 1.93. The van der Waals surface area contributed by atoms with E-state index in [1.807, 2.05) is 0 Å². The lowest BCUT2D eigenvalue weighted by atomic mass is 10.1. The maximum absolute atomic E-state index is 3.92. The van der Waals surface area contributed by atoms with Gasteiger partial charge in [0.05, 0.1) is 0 Å². The van der Waals surface area contributed by atoms with Gasteiger partial charge in [-0.3, -0.25) is 0 Å². The number of benzene rings is 1. The Morgan fingerprint density at radius 3 is 2.70 bits per heavy atom. The maximum Gasteiger partial charge on any atom is 0.0162 e. The van der Waals surface area contributed by atoms with Crippen LogP contribution >= 0.6 is 22.6 Å². The first-order valence-electron chi connectivity index (χ1n) is 3.34. The van der Waals surface area contributed by atoms with Gasteiger partial charge in [0.2, 0.25) is 0 Å². The van der Waals surface area contributed by atoms with Crippen molar-refractivity contribution in [2.75, 3.05) is 0 Å². The molecule has 1 radical (unpaired) electrons. The first-order valence-corrected chi connectivity index (χ1v) is 4.42. The molecule has 0 unspecified atom stereocenters. The summed E-state index contributed by atoms with van der Waals surface area (Å²) in [5.41, 5.74) is 2.50. The number of hydrogen-bond donors (Lipinski definition) is 0. The van der Waals surface area contributed by atoms with E-state index in [0.717, 1.165) is 12.0 Å². The second kappa shape index (κ2) is 3.37. The molecule has 1 aromatic carbocycles. The van der Waals surface area contributed by atoms with E-state index in [4.69, 9.17) is 0 Å². The van der Waals surface area contributed by atoms with Gasteiger partial charge in [-0.15, -0.1) is 0 Å². The summed E-state index contributed by atoms with van der Waals surface area (Å²) >= 11 is 2.29. The smallest absolute Gasteiger partial charge is 0.0162 e. The summed E-state index contributed by atoms with van der Waals surface area (Å²) in [5.74, 6) is 0. The van der Waals surface area contributed by atoms with Crippen LogP contribution in [0.2, 0.25) is 0 Å². The molecular formula is C9H10I. The van der Waals surface area contributed by atoms with Crippen molar-refractivity contribution in [2.24, 2.45) is 0 Å². The normalized spacial score (nSPS) is 9.90. The first-order chi connectivity index (χ1) is 4.74. The summed E-state index contributed by atoms with van der Waals surface area (Å²) in [4.78, 5) is 0. The van der Waals surface area contributed by atoms with E-state index >= 15 is 0 Å². The Morgan fingerprint density at radius 2 is 2.20 bits per heavy atom. The molecule has 0 spiro atoms. The van der Waals surface area contributed by atoms with Crippen molar-refractivity contribution in [1.82, 2.24) is 0 Å². The lowest BCUT2D eigenvalue weighted by molar-refractivity contribution is 1.13. The molecule has 1 heteroatoms. The van der Waals surface area contributed by atoms with E-state index < -0.39 is 0 Å². The van der Waals surface area contributed by atoms with E-state index in [0.29, 0.717) is 0 Å². The highest BCUT2D eigenvalue weighted by atomic mass is 127. The molecule has 53 valence electrons. The molecule has 0 aliphatic rings. The summed E-state index contributed by atoms with van der Waals surface area (Å²) < 4.78 is 1.25. The molecule has 0 aromatic heterocycles. The standard InChI is InChI=1S/C9H10I/c1-3-8-4-5-9(10)7(2)6-8/h4-6H,2-3H2,1H3. The van der Waals surface area contributed by atoms with Gasteiger partial charge in [-0.05, 0) is 53.1 Å². The molecule has 1 aromatic rings. The highest BCUT2D eigenvalue weighted by molar-refractivity contribution is 14.1. The fourth-order valence-electron chi connectivity index (χ4n) is 0.848. The fraction of sp³-hybridized carbons (Fsp3) is 0.222. The van der Waals surface area contributed by atoms with Crippen molar-refractivity contribution in [3.05, 3.63) is 39.8 Å². The average Bonchev–Trinajstić information content (AvgIpc) is 1.95. The molecule has 10 heavy (non-hydrogen) atoms. The van der Waals surface area contributed by atoms with Crippen LogP contribution in [0.25, 0.3) is 0 Å². The summed E-state index contributed by atoms with van der Waals surface area (Å²) in [6.45, 7) is 6.08. The zero-order chi connectivity index (χ0) is 7.56. The van der Waals surface area contributed by atoms with Crippen molar-refractivity contribution >= 4 is 22.6 Å². The lowest BCUT2D eigenvalue weighted by Gasteiger charge is -1.99. The summed E-state index contributed by atoms with van der Waals surface area (Å²) in [7, 11) is 0. The van der Waals surface area contributed by atoms with Crippen LogP contribution < -0.4 is 0 Å². The molecular weight excluding hydrogens is 235 g/mol. The Balaban J connectivity index is 3.04. The molecule has 0 N–H and O–H groups in total. The van der Waals surface area contributed by atoms with Gasteiger partial charge >= 0.3 is 0 Å². The summed E-state index contributed by atoms with van der Waals surface area (Å²) in [6.07, 6.45) is 1.10. The Morgan fingerprint density at radius 1 is 1.50 bits per heavy atom. The first kappa shape index (κ1) is 8.05. The van der Waals surface area contributed by atoms with E-state index in [-0.39, 0.29) is 0 Å². The Hall–Kier alpha value is -0.0500. The number of aryl methyl sites for hydroxylation is 1. The zero-order valence-corrected chi connectivity index (χ0v) is 8.18. The molecule has 0 saturated carbocycles. The number of rotatable bonds is 1. The second-order valence-electron chi connectivity index (χ2n) is 2.28. The third-order valence-electron chi connectivity index (χ3n) is 1.52. The van der Waals surface area contributed by atoms with Crippen LogP contribution in [-0.2, 0) is 6.42 Å². The SMILES string of the molecule is [CH2]c1cc(CC)ccc1I. The predicted octanol–water partition coefficient (Wildman–Crippen LogP) is 3.04. The molecule has 0 nitrogen and oxygen atoms in total. The highest BCUT2D eigenvalue weighted by Crippen LogP contribution is 2.13. The molecule has 0 atom stereocenters. The van der Waals surface area contributed by atoms with Crippen molar-refractivity contribution in [3.8, 4) is 0 Å². The van der Waals surface area contributed by atoms with Gasteiger partial charge in [0.25, 0.3) is 0 Å². The average molecular weight is 245 g/mol. The van der Waals surface area contributed by atoms with Crippen molar-refractivity contribution in [3.63, 3.8) is 0 Å². The van der Waals surface area contributed by atoms with Gasteiger partial charge in [0.1, 0.15) is 0 Å². The van der Waals surface area contributed by atoms with Crippen molar-refractivity contribution in [1.29, 1.82) is 0 Å². The summed E-state index contributed by atoms with van der Waals surface area (Å²) in [5, 5.41) is 0. The van der Waals surface area contributed by atoms with E-state index in [1.165, 1.54) is 9.13 Å². The van der Waals surface area contributed by atoms with E-state index in [9.17, 15) is 0 Å². The Labute approximate surface area is 75.8 Å². The van der Waals surface area contributed by atoms with Crippen LogP contribution in [0, 0.1) is 10.5 Å². The molecule has 0 aliphatic carbocycles. The van der Waals surface area contributed by atoms with Gasteiger partial charge in [-0.1, -0.05) is 19.1 Å². The van der Waals surface area contributed by atoms with Gasteiger partial charge in [-0.25, -0.2) is 0 Å². The third kappa shape index (κ3) is 1.72. The van der Waals surface area contributed by atoms with Gasteiger partial charge in [0.15, 0.2) is 0 Å². The van der Waals surface area contributed by atoms with Gasteiger partial charge in [-0.2, -0.15) is 0 Å². The number of hydrogen-bond acceptors (Lipinski definition) is 0. The van der Waals surface area contributed by atoms with Crippen LogP contribution in [0.15, 0.2) is 18.2 Å². The molecule has 0 heterocycles. The van der Waals surface area contributed by atoms with Crippen LogP contribution in [0.4, 0.5) is 0 Å². The lowest BCUT2D eigenvalue weighted by Crippen LogP contribution is -1.84. The molecule has 0 bridgehead atoms. The van der Waals surface area contributed by atoms with Gasteiger partial charge < -0.3 is 0 Å². The molecule has 0 aliphatic heterocycles. The predicted molar refractivity (Wildman–Crippen MR) is 53.0 cm³/mol. The van der Waals surface area contributed by atoms with E-state index in [1.54, 1.807) is 0 Å².